The molecule has 0 heterocycles. The molecule has 0 aromatic heterocycles. The zero-order chi connectivity index (χ0) is 14.9. The Hall–Kier alpha value is -2.11. The maximum atomic E-state index is 13.4. The van der Waals surface area contributed by atoms with Gasteiger partial charge in [0.25, 0.3) is 0 Å². The third-order valence-electron chi connectivity index (χ3n) is 2.76. The zero-order valence-corrected chi connectivity index (χ0v) is 10.4. The Morgan fingerprint density at radius 1 is 0.850 bits per heavy atom. The Labute approximate surface area is 112 Å². The Morgan fingerprint density at radius 3 is 1.95 bits per heavy atom. The standard InChI is InChI=1S/C14H10F5N/c1-7-3-2-4-8(5-7)6-20-14-12(18)10(16)9(15)11(17)13(14)19/h2-5,20H,6H2,1H3. The molecular formula is C14H10F5N. The topological polar surface area (TPSA) is 12.0 Å². The van der Waals surface area contributed by atoms with Gasteiger partial charge in [0.1, 0.15) is 5.69 Å². The fourth-order valence-corrected chi connectivity index (χ4v) is 1.77. The third kappa shape index (κ3) is 2.59. The molecule has 1 nitrogen and oxygen atoms in total. The van der Waals surface area contributed by atoms with Gasteiger partial charge in [-0.3, -0.25) is 0 Å². The Balaban J connectivity index is 2.30. The molecule has 0 amide bonds. The number of aryl methyl sites for hydroxylation is 1. The maximum absolute atomic E-state index is 13.4. The summed E-state index contributed by atoms with van der Waals surface area (Å²) in [6.07, 6.45) is 0. The van der Waals surface area contributed by atoms with Crippen molar-refractivity contribution in [2.45, 2.75) is 13.5 Å². The van der Waals surface area contributed by atoms with Crippen molar-refractivity contribution in [3.05, 3.63) is 64.5 Å². The summed E-state index contributed by atoms with van der Waals surface area (Å²) in [5.74, 6) is -9.82. The summed E-state index contributed by atoms with van der Waals surface area (Å²) in [6, 6.07) is 6.96. The van der Waals surface area contributed by atoms with Crippen LogP contribution in [0.3, 0.4) is 0 Å². The van der Waals surface area contributed by atoms with E-state index in [1.807, 2.05) is 13.0 Å². The molecule has 0 fully saturated rings. The quantitative estimate of drug-likeness (QED) is 0.504. The summed E-state index contributed by atoms with van der Waals surface area (Å²) in [5, 5.41) is 2.24. The number of nitrogens with one attached hydrogen (secondary N) is 1. The summed E-state index contributed by atoms with van der Waals surface area (Å²) in [7, 11) is 0. The van der Waals surface area contributed by atoms with E-state index in [2.05, 4.69) is 5.32 Å². The summed E-state index contributed by atoms with van der Waals surface area (Å²) in [5.41, 5.74) is 0.554. The predicted molar refractivity (Wildman–Crippen MR) is 64.7 cm³/mol. The summed E-state index contributed by atoms with van der Waals surface area (Å²) >= 11 is 0. The third-order valence-corrected chi connectivity index (χ3v) is 2.76. The highest BCUT2D eigenvalue weighted by atomic mass is 19.2. The van der Waals surface area contributed by atoms with Gasteiger partial charge >= 0.3 is 0 Å². The average Bonchev–Trinajstić information content (AvgIpc) is 2.43. The Bertz CT molecular complexity index is 625. The maximum Gasteiger partial charge on any atom is 0.200 e. The minimum Gasteiger partial charge on any atom is -0.376 e. The van der Waals surface area contributed by atoms with E-state index in [9.17, 15) is 22.0 Å². The van der Waals surface area contributed by atoms with Crippen LogP contribution in [-0.2, 0) is 6.54 Å². The highest BCUT2D eigenvalue weighted by molar-refractivity contribution is 5.48. The minimum atomic E-state index is -2.17. The highest BCUT2D eigenvalue weighted by Gasteiger charge is 2.25. The van der Waals surface area contributed by atoms with Crippen molar-refractivity contribution in [2.75, 3.05) is 5.32 Å². The van der Waals surface area contributed by atoms with Gasteiger partial charge in [0.15, 0.2) is 23.3 Å². The van der Waals surface area contributed by atoms with Gasteiger partial charge in [-0.25, -0.2) is 22.0 Å². The van der Waals surface area contributed by atoms with Crippen LogP contribution >= 0.6 is 0 Å². The van der Waals surface area contributed by atoms with Crippen molar-refractivity contribution < 1.29 is 22.0 Å². The first-order valence-corrected chi connectivity index (χ1v) is 5.72. The van der Waals surface area contributed by atoms with Crippen molar-refractivity contribution >= 4 is 5.69 Å². The largest absolute Gasteiger partial charge is 0.376 e. The second-order valence-corrected chi connectivity index (χ2v) is 4.29. The molecule has 0 radical (unpaired) electrons. The highest BCUT2D eigenvalue weighted by Crippen LogP contribution is 2.27. The van der Waals surface area contributed by atoms with E-state index >= 15 is 0 Å². The lowest BCUT2D eigenvalue weighted by atomic mass is 10.1. The fourth-order valence-electron chi connectivity index (χ4n) is 1.77. The van der Waals surface area contributed by atoms with Gasteiger partial charge in [-0.05, 0) is 12.5 Å². The molecule has 0 atom stereocenters. The van der Waals surface area contributed by atoms with E-state index in [1.165, 1.54) is 0 Å². The molecule has 6 heteroatoms. The van der Waals surface area contributed by atoms with Crippen molar-refractivity contribution in [2.24, 2.45) is 0 Å². The normalized spacial score (nSPS) is 10.7. The second kappa shape index (κ2) is 5.48. The first-order valence-electron chi connectivity index (χ1n) is 5.72. The molecule has 0 aliphatic rings. The number of rotatable bonds is 3. The lowest BCUT2D eigenvalue weighted by Gasteiger charge is -2.11. The molecule has 20 heavy (non-hydrogen) atoms. The molecule has 0 aliphatic carbocycles. The van der Waals surface area contributed by atoms with E-state index in [1.54, 1.807) is 18.2 Å². The van der Waals surface area contributed by atoms with Crippen LogP contribution < -0.4 is 5.32 Å². The van der Waals surface area contributed by atoms with Crippen LogP contribution in [0.2, 0.25) is 0 Å². The van der Waals surface area contributed by atoms with Crippen LogP contribution in [0.1, 0.15) is 11.1 Å². The molecule has 0 saturated heterocycles. The fraction of sp³-hybridized carbons (Fsp3) is 0.143. The van der Waals surface area contributed by atoms with Gasteiger partial charge in [0.05, 0.1) is 0 Å². The summed E-state index contributed by atoms with van der Waals surface area (Å²) in [6.45, 7) is 1.77. The lowest BCUT2D eigenvalue weighted by Crippen LogP contribution is -2.09. The first kappa shape index (κ1) is 14.3. The van der Waals surface area contributed by atoms with Crippen molar-refractivity contribution in [1.82, 2.24) is 0 Å². The van der Waals surface area contributed by atoms with Gasteiger partial charge in [-0.2, -0.15) is 0 Å². The van der Waals surface area contributed by atoms with Crippen molar-refractivity contribution in [3.63, 3.8) is 0 Å². The molecule has 0 spiro atoms. The van der Waals surface area contributed by atoms with Crippen LogP contribution in [0.5, 0.6) is 0 Å². The predicted octanol–water partition coefficient (Wildman–Crippen LogP) is 4.30. The molecule has 0 bridgehead atoms. The molecule has 0 aliphatic heterocycles. The van der Waals surface area contributed by atoms with E-state index in [0.29, 0.717) is 5.56 Å². The van der Waals surface area contributed by atoms with Gasteiger partial charge < -0.3 is 5.32 Å². The number of hydrogen-bond acceptors (Lipinski definition) is 1. The van der Waals surface area contributed by atoms with E-state index in [-0.39, 0.29) is 6.54 Å². The van der Waals surface area contributed by atoms with E-state index < -0.39 is 34.8 Å². The summed E-state index contributed by atoms with van der Waals surface area (Å²) < 4.78 is 65.6. The van der Waals surface area contributed by atoms with Gasteiger partial charge in [-0.1, -0.05) is 29.8 Å². The molecule has 0 saturated carbocycles. The monoisotopic (exact) mass is 287 g/mol. The lowest BCUT2D eigenvalue weighted by molar-refractivity contribution is 0.381. The molecule has 2 aromatic carbocycles. The number of halogens is 5. The van der Waals surface area contributed by atoms with E-state index in [0.717, 1.165) is 5.56 Å². The zero-order valence-electron chi connectivity index (χ0n) is 10.4. The van der Waals surface area contributed by atoms with Crippen LogP contribution in [0.4, 0.5) is 27.6 Å². The minimum absolute atomic E-state index is 0.0555. The molecule has 106 valence electrons. The number of anilines is 1. The Kier molecular flexibility index (Phi) is 3.92. The van der Waals surface area contributed by atoms with Crippen LogP contribution in [0.25, 0.3) is 0 Å². The molecular weight excluding hydrogens is 277 g/mol. The van der Waals surface area contributed by atoms with Crippen LogP contribution in [-0.4, -0.2) is 0 Å². The number of benzene rings is 2. The Morgan fingerprint density at radius 2 is 1.40 bits per heavy atom. The van der Waals surface area contributed by atoms with Gasteiger partial charge in [-0.15, -0.1) is 0 Å². The van der Waals surface area contributed by atoms with Gasteiger partial charge in [0, 0.05) is 6.54 Å². The average molecular weight is 287 g/mol. The molecule has 0 unspecified atom stereocenters. The van der Waals surface area contributed by atoms with Gasteiger partial charge in [0.2, 0.25) is 5.82 Å². The van der Waals surface area contributed by atoms with Crippen molar-refractivity contribution in [3.8, 4) is 0 Å². The van der Waals surface area contributed by atoms with Crippen molar-refractivity contribution in [1.29, 1.82) is 0 Å². The smallest absolute Gasteiger partial charge is 0.200 e. The molecule has 1 N–H and O–H groups in total. The van der Waals surface area contributed by atoms with Crippen LogP contribution in [0, 0.1) is 36.0 Å². The summed E-state index contributed by atoms with van der Waals surface area (Å²) in [4.78, 5) is 0. The van der Waals surface area contributed by atoms with Crippen LogP contribution in [0.15, 0.2) is 24.3 Å². The van der Waals surface area contributed by atoms with E-state index in [4.69, 9.17) is 0 Å². The second-order valence-electron chi connectivity index (χ2n) is 4.29. The molecule has 2 aromatic rings. The molecule has 2 rings (SSSR count). The SMILES string of the molecule is Cc1cccc(CNc2c(F)c(F)c(F)c(F)c2F)c1. The number of hydrogen-bond donors (Lipinski definition) is 1. The first-order chi connectivity index (χ1) is 9.41.